The van der Waals surface area contributed by atoms with Crippen LogP contribution in [-0.2, 0) is 0 Å². The first kappa shape index (κ1) is 17.2. The number of hydrogen-bond donors (Lipinski definition) is 1. The molecule has 0 radical (unpaired) electrons. The number of nitrogens with one attached hydrogen (secondary N) is 1. The molecule has 5 nitrogen and oxygen atoms in total. The fourth-order valence-electron chi connectivity index (χ4n) is 2.61. The van der Waals surface area contributed by atoms with Crippen LogP contribution in [0.4, 0.5) is 5.69 Å². The number of carbonyl (C=O) groups excluding carboxylic acids is 1. The molecule has 0 saturated heterocycles. The molecule has 0 bridgehead atoms. The van der Waals surface area contributed by atoms with Gasteiger partial charge in [-0.1, -0.05) is 36.4 Å². The van der Waals surface area contributed by atoms with E-state index in [-0.39, 0.29) is 5.91 Å². The summed E-state index contributed by atoms with van der Waals surface area (Å²) in [6, 6.07) is 17.2. The highest BCUT2D eigenvalue weighted by atomic mass is 32.1. The SMILES string of the molecule is Cc1nc(-c2cccc(NC(=O)c3csc(-c4ccccc4)n3)c2)oc1C. The Bertz CT molecular complexity index is 1080. The van der Waals surface area contributed by atoms with Crippen molar-refractivity contribution in [2.45, 2.75) is 13.8 Å². The van der Waals surface area contributed by atoms with Crippen LogP contribution < -0.4 is 5.32 Å². The minimum absolute atomic E-state index is 0.245. The first-order valence-corrected chi connectivity index (χ1v) is 9.35. The number of thiazole rings is 1. The number of amides is 1. The number of oxazole rings is 1. The quantitative estimate of drug-likeness (QED) is 0.523. The Kier molecular flexibility index (Phi) is 4.56. The lowest BCUT2D eigenvalue weighted by atomic mass is 10.2. The van der Waals surface area contributed by atoms with Crippen LogP contribution in [0.3, 0.4) is 0 Å². The highest BCUT2D eigenvalue weighted by Gasteiger charge is 2.13. The molecule has 134 valence electrons. The number of anilines is 1. The molecule has 0 aliphatic carbocycles. The molecule has 0 fully saturated rings. The summed E-state index contributed by atoms with van der Waals surface area (Å²) in [5.74, 6) is 1.09. The van der Waals surface area contributed by atoms with Gasteiger partial charge in [0.15, 0.2) is 0 Å². The molecule has 4 aromatic rings. The average molecular weight is 375 g/mol. The zero-order valence-corrected chi connectivity index (χ0v) is 15.7. The first-order chi connectivity index (χ1) is 13.1. The van der Waals surface area contributed by atoms with E-state index < -0.39 is 0 Å². The van der Waals surface area contributed by atoms with Crippen molar-refractivity contribution in [3.05, 3.63) is 77.1 Å². The molecule has 2 heterocycles. The van der Waals surface area contributed by atoms with Crippen LogP contribution in [0.25, 0.3) is 22.0 Å². The summed E-state index contributed by atoms with van der Waals surface area (Å²) in [5.41, 5.74) is 3.73. The molecule has 0 saturated carbocycles. The molecule has 2 aromatic heterocycles. The van der Waals surface area contributed by atoms with Gasteiger partial charge >= 0.3 is 0 Å². The highest BCUT2D eigenvalue weighted by Crippen LogP contribution is 2.26. The maximum Gasteiger partial charge on any atom is 0.275 e. The van der Waals surface area contributed by atoms with Gasteiger partial charge in [-0.05, 0) is 32.0 Å². The molecule has 0 unspecified atom stereocenters. The number of rotatable bonds is 4. The van der Waals surface area contributed by atoms with Crippen LogP contribution in [0.15, 0.2) is 64.4 Å². The lowest BCUT2D eigenvalue weighted by molar-refractivity contribution is 0.102. The van der Waals surface area contributed by atoms with E-state index in [1.165, 1.54) is 11.3 Å². The topological polar surface area (TPSA) is 68.0 Å². The van der Waals surface area contributed by atoms with Gasteiger partial charge in [-0.15, -0.1) is 11.3 Å². The zero-order chi connectivity index (χ0) is 18.8. The Hall–Kier alpha value is -3.25. The number of nitrogens with zero attached hydrogens (tertiary/aromatic N) is 2. The van der Waals surface area contributed by atoms with Gasteiger partial charge in [-0.3, -0.25) is 4.79 Å². The summed E-state index contributed by atoms with van der Waals surface area (Å²) in [7, 11) is 0. The van der Waals surface area contributed by atoms with E-state index in [1.807, 2.05) is 68.4 Å². The second-order valence-corrected chi connectivity index (χ2v) is 6.96. The third kappa shape index (κ3) is 3.66. The highest BCUT2D eigenvalue weighted by molar-refractivity contribution is 7.13. The summed E-state index contributed by atoms with van der Waals surface area (Å²) in [5, 5.41) is 5.48. The van der Waals surface area contributed by atoms with Crippen molar-refractivity contribution in [1.82, 2.24) is 9.97 Å². The van der Waals surface area contributed by atoms with E-state index in [1.54, 1.807) is 5.38 Å². The molecule has 4 rings (SSSR count). The number of benzene rings is 2. The Morgan fingerprint density at radius 1 is 1.00 bits per heavy atom. The van der Waals surface area contributed by atoms with Crippen LogP contribution in [0.5, 0.6) is 0 Å². The molecule has 0 aliphatic rings. The van der Waals surface area contributed by atoms with E-state index >= 15 is 0 Å². The normalized spacial score (nSPS) is 10.7. The second kappa shape index (κ2) is 7.17. The lowest BCUT2D eigenvalue weighted by Gasteiger charge is -2.04. The predicted molar refractivity (Wildman–Crippen MR) is 107 cm³/mol. The predicted octanol–water partition coefficient (Wildman–Crippen LogP) is 5.33. The Labute approximate surface area is 160 Å². The third-order valence-corrected chi connectivity index (χ3v) is 5.04. The summed E-state index contributed by atoms with van der Waals surface area (Å²) < 4.78 is 5.66. The number of hydrogen-bond acceptors (Lipinski definition) is 5. The number of aromatic nitrogens is 2. The zero-order valence-electron chi connectivity index (χ0n) is 14.9. The molecular formula is C21H17N3O2S. The van der Waals surface area contributed by atoms with E-state index in [0.29, 0.717) is 17.3 Å². The Balaban J connectivity index is 1.53. The van der Waals surface area contributed by atoms with E-state index in [2.05, 4.69) is 15.3 Å². The van der Waals surface area contributed by atoms with Crippen molar-refractivity contribution < 1.29 is 9.21 Å². The maximum absolute atomic E-state index is 12.6. The van der Waals surface area contributed by atoms with Gasteiger partial charge in [0, 0.05) is 22.2 Å². The van der Waals surface area contributed by atoms with Crippen LogP contribution in [0.1, 0.15) is 21.9 Å². The van der Waals surface area contributed by atoms with Gasteiger partial charge in [0.1, 0.15) is 16.5 Å². The molecule has 0 atom stereocenters. The average Bonchev–Trinajstić information content (AvgIpc) is 3.30. The molecule has 27 heavy (non-hydrogen) atoms. The fraction of sp³-hybridized carbons (Fsp3) is 0.0952. The maximum atomic E-state index is 12.6. The molecule has 1 amide bonds. The lowest BCUT2D eigenvalue weighted by Crippen LogP contribution is -2.12. The smallest absolute Gasteiger partial charge is 0.275 e. The fourth-order valence-corrected chi connectivity index (χ4v) is 3.42. The van der Waals surface area contributed by atoms with Crippen molar-refractivity contribution >= 4 is 22.9 Å². The standard InChI is InChI=1S/C21H17N3O2S/c1-13-14(2)26-20(22-13)16-9-6-10-17(11-16)23-19(25)18-12-27-21(24-18)15-7-4-3-5-8-15/h3-12H,1-2H3,(H,23,25). The van der Waals surface area contributed by atoms with Crippen LogP contribution in [0, 0.1) is 13.8 Å². The molecule has 0 spiro atoms. The van der Waals surface area contributed by atoms with Gasteiger partial charge < -0.3 is 9.73 Å². The van der Waals surface area contributed by atoms with Gasteiger partial charge in [-0.2, -0.15) is 0 Å². The number of aryl methyl sites for hydroxylation is 2. The largest absolute Gasteiger partial charge is 0.441 e. The molecule has 6 heteroatoms. The third-order valence-electron chi connectivity index (χ3n) is 4.15. The van der Waals surface area contributed by atoms with Crippen molar-refractivity contribution in [2.24, 2.45) is 0 Å². The van der Waals surface area contributed by atoms with Gasteiger partial charge in [0.25, 0.3) is 5.91 Å². The minimum atomic E-state index is -0.245. The van der Waals surface area contributed by atoms with Crippen LogP contribution in [-0.4, -0.2) is 15.9 Å². The monoisotopic (exact) mass is 375 g/mol. The summed E-state index contributed by atoms with van der Waals surface area (Å²) >= 11 is 1.45. The summed E-state index contributed by atoms with van der Waals surface area (Å²) in [6.45, 7) is 3.78. The van der Waals surface area contributed by atoms with Crippen molar-refractivity contribution in [3.8, 4) is 22.0 Å². The molecular weight excluding hydrogens is 358 g/mol. The van der Waals surface area contributed by atoms with Crippen molar-refractivity contribution in [1.29, 1.82) is 0 Å². The molecule has 1 N–H and O–H groups in total. The Morgan fingerprint density at radius 2 is 1.78 bits per heavy atom. The van der Waals surface area contributed by atoms with E-state index in [0.717, 1.165) is 27.6 Å². The minimum Gasteiger partial charge on any atom is -0.441 e. The van der Waals surface area contributed by atoms with Gasteiger partial charge in [-0.25, -0.2) is 9.97 Å². The van der Waals surface area contributed by atoms with E-state index in [9.17, 15) is 4.79 Å². The van der Waals surface area contributed by atoms with Crippen LogP contribution in [0.2, 0.25) is 0 Å². The molecule has 0 aliphatic heterocycles. The Morgan fingerprint density at radius 3 is 2.52 bits per heavy atom. The molecule has 2 aromatic carbocycles. The van der Waals surface area contributed by atoms with Crippen molar-refractivity contribution in [3.63, 3.8) is 0 Å². The van der Waals surface area contributed by atoms with Gasteiger partial charge in [0.05, 0.1) is 5.69 Å². The summed E-state index contributed by atoms with van der Waals surface area (Å²) in [6.07, 6.45) is 0. The first-order valence-electron chi connectivity index (χ1n) is 8.47. The van der Waals surface area contributed by atoms with Gasteiger partial charge in [0.2, 0.25) is 5.89 Å². The summed E-state index contributed by atoms with van der Waals surface area (Å²) in [4.78, 5) is 21.4. The second-order valence-electron chi connectivity index (χ2n) is 6.10. The van der Waals surface area contributed by atoms with E-state index in [4.69, 9.17) is 4.42 Å². The number of carbonyl (C=O) groups is 1. The van der Waals surface area contributed by atoms with Crippen molar-refractivity contribution in [2.75, 3.05) is 5.32 Å². The van der Waals surface area contributed by atoms with Crippen LogP contribution >= 0.6 is 11.3 Å².